The molecule has 0 radical (unpaired) electrons. The number of carbonyl (C=O) groups is 2. The molecule has 0 aliphatic rings. The second-order valence-electron chi connectivity index (χ2n) is 9.01. The highest BCUT2D eigenvalue weighted by molar-refractivity contribution is 6.30. The number of nitrogens with zero attached hydrogens (tertiary/aromatic N) is 2. The van der Waals surface area contributed by atoms with E-state index < -0.39 is 17.4 Å². The second-order valence-corrected chi connectivity index (χ2v) is 9.45. The summed E-state index contributed by atoms with van der Waals surface area (Å²) in [6, 6.07) is 15.2. The van der Waals surface area contributed by atoms with Gasteiger partial charge in [0.05, 0.1) is 31.4 Å². The van der Waals surface area contributed by atoms with Crippen LogP contribution >= 0.6 is 11.6 Å². The molecule has 10 heteroatoms. The number of aliphatic hydroxyl groups excluding tert-OH is 1. The number of hydrogen-bond acceptors (Lipinski definition) is 7. The van der Waals surface area contributed by atoms with Crippen LogP contribution in [-0.2, 0) is 20.7 Å². The third-order valence-corrected chi connectivity index (χ3v) is 6.31. The van der Waals surface area contributed by atoms with Crippen LogP contribution < -0.4 is 5.32 Å². The maximum atomic E-state index is 13.0. The first-order chi connectivity index (χ1) is 17.8. The summed E-state index contributed by atoms with van der Waals surface area (Å²) in [5.41, 5.74) is 2.25. The van der Waals surface area contributed by atoms with Gasteiger partial charge in [0.2, 0.25) is 0 Å². The zero-order valence-electron chi connectivity index (χ0n) is 21.1. The number of H-pyrrole nitrogens is 1. The number of hydrogen-bond donors (Lipinski definition) is 3. The van der Waals surface area contributed by atoms with Crippen molar-refractivity contribution in [1.29, 1.82) is 0 Å². The molecule has 2 aromatic carbocycles. The molecule has 0 bridgehead atoms. The van der Waals surface area contributed by atoms with Crippen LogP contribution in [0.4, 0.5) is 0 Å². The quantitative estimate of drug-likeness (QED) is 0.214. The lowest BCUT2D eigenvalue weighted by Gasteiger charge is -2.32. The van der Waals surface area contributed by atoms with Gasteiger partial charge in [-0.15, -0.1) is 5.10 Å². The third-order valence-electron chi connectivity index (χ3n) is 6.08. The number of ether oxygens (including phenoxy) is 2. The first-order valence-electron chi connectivity index (χ1n) is 12.2. The highest BCUT2D eigenvalue weighted by Gasteiger charge is 2.37. The van der Waals surface area contributed by atoms with Gasteiger partial charge in [-0.1, -0.05) is 53.2 Å². The van der Waals surface area contributed by atoms with E-state index in [1.165, 1.54) is 6.20 Å². The minimum atomic E-state index is -0.923. The van der Waals surface area contributed by atoms with E-state index in [4.69, 9.17) is 26.2 Å². The molecule has 1 heterocycles. The molecule has 1 unspecified atom stereocenters. The summed E-state index contributed by atoms with van der Waals surface area (Å²) in [5, 5.41) is 22.6. The number of halogens is 1. The zero-order chi connectivity index (χ0) is 26.7. The minimum Gasteiger partial charge on any atom is -0.466 e. The van der Waals surface area contributed by atoms with Gasteiger partial charge in [-0.25, -0.2) is 0 Å². The van der Waals surface area contributed by atoms with Crippen LogP contribution in [0.2, 0.25) is 5.02 Å². The van der Waals surface area contributed by atoms with E-state index in [1.807, 2.05) is 55.5 Å². The number of benzene rings is 2. The molecule has 2 atom stereocenters. The van der Waals surface area contributed by atoms with Crippen molar-refractivity contribution in [2.24, 2.45) is 5.41 Å². The SMILES string of the molecule is CCOC(=O)C(C)(CCOCCO)C[C@@H](Cc1ccc(-c2cccc(Cl)c2)cc1)NC(=O)c1c[nH]nn1. The Hall–Kier alpha value is -3.27. The van der Waals surface area contributed by atoms with Crippen LogP contribution in [0.5, 0.6) is 0 Å². The summed E-state index contributed by atoms with van der Waals surface area (Å²) in [6.07, 6.45) is 2.58. The molecule has 0 aliphatic heterocycles. The van der Waals surface area contributed by atoms with Gasteiger partial charge in [-0.3, -0.25) is 14.7 Å². The number of amides is 1. The predicted molar refractivity (Wildman–Crippen MR) is 140 cm³/mol. The first-order valence-corrected chi connectivity index (χ1v) is 12.6. The van der Waals surface area contributed by atoms with Crippen LogP contribution in [0.3, 0.4) is 0 Å². The molecule has 37 heavy (non-hydrogen) atoms. The van der Waals surface area contributed by atoms with Crippen molar-refractivity contribution in [1.82, 2.24) is 20.7 Å². The van der Waals surface area contributed by atoms with Crippen molar-refractivity contribution < 1.29 is 24.2 Å². The maximum Gasteiger partial charge on any atom is 0.311 e. The fourth-order valence-corrected chi connectivity index (χ4v) is 4.32. The van der Waals surface area contributed by atoms with Crippen molar-refractivity contribution >= 4 is 23.5 Å². The van der Waals surface area contributed by atoms with Gasteiger partial charge in [0.1, 0.15) is 0 Å². The number of carbonyl (C=O) groups excluding carboxylic acids is 2. The Bertz CT molecular complexity index is 1140. The molecule has 3 N–H and O–H groups in total. The fraction of sp³-hybridized carbons (Fsp3) is 0.407. The lowest BCUT2D eigenvalue weighted by molar-refractivity contribution is -0.156. The van der Waals surface area contributed by atoms with Gasteiger partial charge in [-0.05, 0) is 61.9 Å². The summed E-state index contributed by atoms with van der Waals surface area (Å²) < 4.78 is 10.8. The number of aromatic amines is 1. The molecule has 1 amide bonds. The number of esters is 1. The summed E-state index contributed by atoms with van der Waals surface area (Å²) >= 11 is 6.14. The Kier molecular flexibility index (Phi) is 10.6. The van der Waals surface area contributed by atoms with Crippen molar-refractivity contribution in [3.8, 4) is 11.1 Å². The van der Waals surface area contributed by atoms with Gasteiger partial charge in [-0.2, -0.15) is 0 Å². The van der Waals surface area contributed by atoms with Crippen molar-refractivity contribution in [3.63, 3.8) is 0 Å². The number of aromatic nitrogens is 3. The number of nitrogens with one attached hydrogen (secondary N) is 2. The maximum absolute atomic E-state index is 13.0. The largest absolute Gasteiger partial charge is 0.466 e. The summed E-state index contributed by atoms with van der Waals surface area (Å²) in [7, 11) is 0. The van der Waals surface area contributed by atoms with E-state index in [9.17, 15) is 9.59 Å². The molecule has 0 saturated carbocycles. The second kappa shape index (κ2) is 13.9. The topological polar surface area (TPSA) is 126 Å². The van der Waals surface area contributed by atoms with E-state index in [-0.39, 0.29) is 38.1 Å². The van der Waals surface area contributed by atoms with Crippen LogP contribution in [0.25, 0.3) is 11.1 Å². The minimum absolute atomic E-state index is 0.0995. The summed E-state index contributed by atoms with van der Waals surface area (Å²) in [5.74, 6) is -0.753. The van der Waals surface area contributed by atoms with Crippen LogP contribution in [0.15, 0.2) is 54.7 Å². The molecule has 9 nitrogen and oxygen atoms in total. The lowest BCUT2D eigenvalue weighted by atomic mass is 9.79. The Labute approximate surface area is 221 Å². The van der Waals surface area contributed by atoms with E-state index >= 15 is 0 Å². The lowest BCUT2D eigenvalue weighted by Crippen LogP contribution is -2.43. The zero-order valence-corrected chi connectivity index (χ0v) is 21.8. The van der Waals surface area contributed by atoms with Gasteiger partial charge in [0, 0.05) is 17.7 Å². The van der Waals surface area contributed by atoms with Crippen LogP contribution in [-0.4, -0.2) is 64.9 Å². The average Bonchev–Trinajstić information content (AvgIpc) is 3.43. The molecule has 198 valence electrons. The smallest absolute Gasteiger partial charge is 0.311 e. The molecule has 0 aliphatic carbocycles. The van der Waals surface area contributed by atoms with Crippen LogP contribution in [0, 0.1) is 5.41 Å². The van der Waals surface area contributed by atoms with Crippen LogP contribution in [0.1, 0.15) is 42.7 Å². The standard InChI is InChI=1S/C27H33ClN4O5/c1-3-37-26(35)27(2,11-13-36-14-12-33)17-23(30-25(34)24-18-29-32-31-24)15-19-7-9-20(10-8-19)21-5-4-6-22(28)16-21/h4-10,16,18,23,33H,3,11-15,17H2,1-2H3,(H,30,34)(H,29,31,32)/t23-,27?/m1/s1. The normalized spacial score (nSPS) is 13.5. The molecule has 0 saturated heterocycles. The fourth-order valence-electron chi connectivity index (χ4n) is 4.13. The van der Waals surface area contributed by atoms with Gasteiger partial charge >= 0.3 is 5.97 Å². The van der Waals surface area contributed by atoms with Crippen molar-refractivity contribution in [2.75, 3.05) is 26.4 Å². The molecular formula is C27H33ClN4O5. The highest BCUT2D eigenvalue weighted by Crippen LogP contribution is 2.31. The monoisotopic (exact) mass is 528 g/mol. The first kappa shape index (κ1) is 28.3. The molecule has 0 fully saturated rings. The van der Waals surface area contributed by atoms with E-state index in [2.05, 4.69) is 20.7 Å². The van der Waals surface area contributed by atoms with Crippen molar-refractivity contribution in [2.45, 2.75) is 39.2 Å². The molecular weight excluding hydrogens is 496 g/mol. The van der Waals surface area contributed by atoms with Gasteiger partial charge in [0.15, 0.2) is 5.69 Å². The summed E-state index contributed by atoms with van der Waals surface area (Å²) in [6.45, 7) is 4.17. The molecule has 1 aromatic heterocycles. The Morgan fingerprint density at radius 2 is 1.95 bits per heavy atom. The van der Waals surface area contributed by atoms with E-state index in [0.29, 0.717) is 24.3 Å². The predicted octanol–water partition coefficient (Wildman–Crippen LogP) is 3.82. The van der Waals surface area contributed by atoms with Crippen molar-refractivity contribution in [3.05, 3.63) is 71.0 Å². The Morgan fingerprint density at radius 1 is 1.16 bits per heavy atom. The molecule has 3 rings (SSSR count). The molecule has 3 aromatic rings. The number of aliphatic hydroxyl groups is 1. The third kappa shape index (κ3) is 8.38. The van der Waals surface area contributed by atoms with Gasteiger partial charge < -0.3 is 19.9 Å². The number of rotatable bonds is 14. The van der Waals surface area contributed by atoms with E-state index in [0.717, 1.165) is 16.7 Å². The Morgan fingerprint density at radius 3 is 2.59 bits per heavy atom. The Balaban J connectivity index is 1.81. The highest BCUT2D eigenvalue weighted by atomic mass is 35.5. The molecule has 0 spiro atoms. The average molecular weight is 529 g/mol. The van der Waals surface area contributed by atoms with Gasteiger partial charge in [0.25, 0.3) is 5.91 Å². The van der Waals surface area contributed by atoms with E-state index in [1.54, 1.807) is 6.92 Å². The summed E-state index contributed by atoms with van der Waals surface area (Å²) in [4.78, 5) is 25.8.